The fourth-order valence-electron chi connectivity index (χ4n) is 2.48. The van der Waals surface area contributed by atoms with Crippen molar-refractivity contribution in [2.45, 2.75) is 34.1 Å². The minimum atomic E-state index is -4.61. The number of aryl methyl sites for hydroxylation is 4. The summed E-state index contributed by atoms with van der Waals surface area (Å²) >= 11 is 0. The molecular weight excluding hydrogens is 315 g/mol. The van der Waals surface area contributed by atoms with Crippen molar-refractivity contribution in [2.75, 3.05) is 0 Å². The zero-order chi connectivity index (χ0) is 17.9. The van der Waals surface area contributed by atoms with Gasteiger partial charge in [0.2, 0.25) is 0 Å². The van der Waals surface area contributed by atoms with Crippen LogP contribution in [0.1, 0.15) is 22.3 Å². The second-order valence-corrected chi connectivity index (χ2v) is 5.84. The van der Waals surface area contributed by atoms with Gasteiger partial charge in [-0.25, -0.2) is 0 Å². The highest BCUT2D eigenvalue weighted by Gasteiger charge is 2.31. The monoisotopic (exact) mass is 335 g/mol. The van der Waals surface area contributed by atoms with Crippen LogP contribution in [0.4, 0.5) is 13.2 Å². The third-order valence-corrected chi connectivity index (χ3v) is 3.59. The molecule has 0 fully saturated rings. The lowest BCUT2D eigenvalue weighted by Crippen LogP contribution is -2.17. The van der Waals surface area contributed by atoms with Gasteiger partial charge in [0.1, 0.15) is 5.75 Å². The highest BCUT2D eigenvalue weighted by atomic mass is 19.4. The molecule has 2 nitrogen and oxygen atoms in total. The lowest BCUT2D eigenvalue weighted by Gasteiger charge is -2.11. The second-order valence-electron chi connectivity index (χ2n) is 5.84. The van der Waals surface area contributed by atoms with Gasteiger partial charge < -0.3 is 9.72 Å². The number of fused-ring (bicyclic) bond motifs is 1. The summed E-state index contributed by atoms with van der Waals surface area (Å²) in [5.74, 6) is -0.132. The predicted octanol–water partition coefficient (Wildman–Crippen LogP) is 5.99. The van der Waals surface area contributed by atoms with E-state index in [9.17, 15) is 13.2 Å². The third-order valence-electron chi connectivity index (χ3n) is 3.59. The van der Waals surface area contributed by atoms with E-state index < -0.39 is 6.36 Å². The SMILES string of the molecule is Cc1cc(C)c2cc[nH]c2c1.Cc1ccc(C)c(OC(F)(F)F)c1. The summed E-state index contributed by atoms with van der Waals surface area (Å²) in [6.07, 6.45) is -2.63. The van der Waals surface area contributed by atoms with Crippen molar-refractivity contribution in [2.24, 2.45) is 0 Å². The van der Waals surface area contributed by atoms with Crippen molar-refractivity contribution in [1.29, 1.82) is 0 Å². The Morgan fingerprint density at radius 2 is 1.54 bits per heavy atom. The zero-order valence-electron chi connectivity index (χ0n) is 14.1. The van der Waals surface area contributed by atoms with Gasteiger partial charge in [-0.15, -0.1) is 13.2 Å². The topological polar surface area (TPSA) is 25.0 Å². The zero-order valence-corrected chi connectivity index (χ0v) is 14.1. The van der Waals surface area contributed by atoms with Crippen LogP contribution in [0, 0.1) is 27.7 Å². The number of hydrogen-bond donors (Lipinski definition) is 1. The van der Waals surface area contributed by atoms with Gasteiger partial charge in [0, 0.05) is 17.1 Å². The molecule has 5 heteroatoms. The summed E-state index contributed by atoms with van der Waals surface area (Å²) in [6, 6.07) is 11.2. The summed E-state index contributed by atoms with van der Waals surface area (Å²) in [6.45, 7) is 7.54. The van der Waals surface area contributed by atoms with E-state index in [4.69, 9.17) is 0 Å². The molecule has 0 saturated heterocycles. The van der Waals surface area contributed by atoms with Crippen molar-refractivity contribution in [3.05, 3.63) is 64.8 Å². The molecule has 0 aliphatic rings. The Kier molecular flexibility index (Phi) is 5.22. The molecular formula is C19H20F3NO. The van der Waals surface area contributed by atoms with Crippen LogP contribution in [-0.2, 0) is 0 Å². The van der Waals surface area contributed by atoms with Crippen molar-refractivity contribution in [1.82, 2.24) is 4.98 Å². The van der Waals surface area contributed by atoms with Crippen molar-refractivity contribution in [3.63, 3.8) is 0 Å². The molecule has 0 saturated carbocycles. The molecule has 0 atom stereocenters. The smallest absolute Gasteiger partial charge is 0.406 e. The van der Waals surface area contributed by atoms with Crippen molar-refractivity contribution < 1.29 is 17.9 Å². The van der Waals surface area contributed by atoms with E-state index in [-0.39, 0.29) is 5.75 Å². The van der Waals surface area contributed by atoms with Gasteiger partial charge in [0.05, 0.1) is 0 Å². The van der Waals surface area contributed by atoms with E-state index in [1.54, 1.807) is 26.0 Å². The standard InChI is InChI=1S/C10H11N.C9H9F3O/c1-7-5-8(2)9-3-4-11-10(9)6-7;1-6-3-4-7(2)8(5-6)13-9(10,11)12/h3-6,11H,1-2H3;3-5H,1-2H3. The van der Waals surface area contributed by atoms with Crippen LogP contribution in [0.3, 0.4) is 0 Å². The Balaban J connectivity index is 0.000000175. The number of nitrogens with one attached hydrogen (secondary N) is 1. The molecule has 1 heterocycles. The van der Waals surface area contributed by atoms with Crippen LogP contribution in [0.2, 0.25) is 0 Å². The molecule has 1 N–H and O–H groups in total. The molecule has 0 amide bonds. The molecule has 0 radical (unpaired) electrons. The summed E-state index contributed by atoms with van der Waals surface area (Å²) in [4.78, 5) is 3.20. The first kappa shape index (κ1) is 17.9. The maximum absolute atomic E-state index is 11.8. The van der Waals surface area contributed by atoms with E-state index in [0.29, 0.717) is 5.56 Å². The number of aromatic nitrogens is 1. The first-order chi connectivity index (χ1) is 11.2. The highest BCUT2D eigenvalue weighted by Crippen LogP contribution is 2.26. The summed E-state index contributed by atoms with van der Waals surface area (Å²) in [5.41, 5.74) is 5.12. The van der Waals surface area contributed by atoms with E-state index in [1.807, 2.05) is 6.20 Å². The number of ether oxygens (including phenoxy) is 1. The highest BCUT2D eigenvalue weighted by molar-refractivity contribution is 5.83. The molecule has 0 unspecified atom stereocenters. The van der Waals surface area contributed by atoms with E-state index in [2.05, 4.69) is 41.8 Å². The van der Waals surface area contributed by atoms with Gasteiger partial charge in [-0.2, -0.15) is 0 Å². The van der Waals surface area contributed by atoms with Crippen LogP contribution in [0.5, 0.6) is 5.75 Å². The van der Waals surface area contributed by atoms with Crippen LogP contribution < -0.4 is 4.74 Å². The Hall–Kier alpha value is -2.43. The fourth-order valence-corrected chi connectivity index (χ4v) is 2.48. The first-order valence-corrected chi connectivity index (χ1v) is 7.53. The lowest BCUT2D eigenvalue weighted by molar-refractivity contribution is -0.274. The molecule has 0 bridgehead atoms. The number of benzene rings is 2. The Labute approximate surface area is 139 Å². The molecule has 128 valence electrons. The summed E-state index contributed by atoms with van der Waals surface area (Å²) < 4.78 is 39.3. The third kappa shape index (κ3) is 4.78. The molecule has 3 rings (SSSR count). The van der Waals surface area contributed by atoms with E-state index in [1.165, 1.54) is 28.1 Å². The average molecular weight is 335 g/mol. The average Bonchev–Trinajstić information content (AvgIpc) is 2.90. The van der Waals surface area contributed by atoms with Crippen LogP contribution in [0.25, 0.3) is 10.9 Å². The molecule has 24 heavy (non-hydrogen) atoms. The maximum atomic E-state index is 11.8. The summed E-state index contributed by atoms with van der Waals surface area (Å²) in [7, 11) is 0. The molecule has 2 aromatic carbocycles. The van der Waals surface area contributed by atoms with E-state index >= 15 is 0 Å². The molecule has 0 aliphatic heterocycles. The van der Waals surface area contributed by atoms with Gasteiger partial charge in [0.15, 0.2) is 0 Å². The molecule has 1 aromatic heterocycles. The Morgan fingerprint density at radius 3 is 2.21 bits per heavy atom. The quantitative estimate of drug-likeness (QED) is 0.581. The second kappa shape index (κ2) is 6.99. The number of halogens is 3. The molecule has 0 spiro atoms. The largest absolute Gasteiger partial charge is 0.573 e. The van der Waals surface area contributed by atoms with Crippen molar-refractivity contribution in [3.8, 4) is 5.75 Å². The van der Waals surface area contributed by atoms with Gasteiger partial charge in [-0.3, -0.25) is 0 Å². The number of hydrogen-bond acceptors (Lipinski definition) is 1. The minimum Gasteiger partial charge on any atom is -0.406 e. The molecule has 0 aliphatic carbocycles. The van der Waals surface area contributed by atoms with Crippen LogP contribution >= 0.6 is 0 Å². The maximum Gasteiger partial charge on any atom is 0.573 e. The minimum absolute atomic E-state index is 0.132. The van der Waals surface area contributed by atoms with Gasteiger partial charge in [-0.1, -0.05) is 18.2 Å². The normalized spacial score (nSPS) is 11.1. The number of alkyl halides is 3. The van der Waals surface area contributed by atoms with Gasteiger partial charge in [-0.05, 0) is 68.1 Å². The van der Waals surface area contributed by atoms with Gasteiger partial charge in [0.25, 0.3) is 0 Å². The van der Waals surface area contributed by atoms with Crippen LogP contribution in [-0.4, -0.2) is 11.3 Å². The Morgan fingerprint density at radius 1 is 0.833 bits per heavy atom. The number of H-pyrrole nitrogens is 1. The predicted molar refractivity (Wildman–Crippen MR) is 90.4 cm³/mol. The number of aromatic amines is 1. The van der Waals surface area contributed by atoms with Crippen LogP contribution in [0.15, 0.2) is 42.6 Å². The fraction of sp³-hybridized carbons (Fsp3) is 0.263. The van der Waals surface area contributed by atoms with Crippen molar-refractivity contribution >= 4 is 10.9 Å². The summed E-state index contributed by atoms with van der Waals surface area (Å²) in [5, 5.41) is 1.33. The Bertz CT molecular complexity index is 834. The number of rotatable bonds is 1. The van der Waals surface area contributed by atoms with E-state index in [0.717, 1.165) is 5.56 Å². The lowest BCUT2D eigenvalue weighted by atomic mass is 10.1. The van der Waals surface area contributed by atoms with Gasteiger partial charge >= 0.3 is 6.36 Å². The first-order valence-electron chi connectivity index (χ1n) is 7.53. The molecule has 3 aromatic rings.